The van der Waals surface area contributed by atoms with Crippen molar-refractivity contribution in [3.63, 3.8) is 0 Å². The SMILES string of the molecule is O=C1OC(c2cccc(Cl)c2)=N/C1=C\c1cccs1. The zero-order valence-corrected chi connectivity index (χ0v) is 11.2. The Morgan fingerprint density at radius 1 is 1.26 bits per heavy atom. The van der Waals surface area contributed by atoms with Gasteiger partial charge in [-0.15, -0.1) is 11.3 Å². The summed E-state index contributed by atoms with van der Waals surface area (Å²) in [6.45, 7) is 0. The van der Waals surface area contributed by atoms with E-state index in [2.05, 4.69) is 4.99 Å². The normalized spacial score (nSPS) is 16.6. The fourth-order valence-corrected chi connectivity index (χ4v) is 2.50. The molecule has 0 radical (unpaired) electrons. The first-order valence-corrected chi connectivity index (χ1v) is 6.80. The lowest BCUT2D eigenvalue weighted by Crippen LogP contribution is -2.05. The third-order valence-electron chi connectivity index (χ3n) is 2.51. The lowest BCUT2D eigenvalue weighted by molar-refractivity contribution is -0.129. The summed E-state index contributed by atoms with van der Waals surface area (Å²) in [5.74, 6) is -0.154. The summed E-state index contributed by atoms with van der Waals surface area (Å²) in [6.07, 6.45) is 1.71. The van der Waals surface area contributed by atoms with Crippen LogP contribution in [-0.4, -0.2) is 11.9 Å². The van der Waals surface area contributed by atoms with E-state index >= 15 is 0 Å². The standard InChI is InChI=1S/C14H8ClNO2S/c15-10-4-1-3-9(7-10)13-16-12(14(17)18-13)8-11-5-2-6-19-11/h1-8H/b12-8-. The molecule has 0 unspecified atom stereocenters. The van der Waals surface area contributed by atoms with Crippen molar-refractivity contribution in [3.8, 4) is 0 Å². The molecule has 94 valence electrons. The maximum atomic E-state index is 11.7. The van der Waals surface area contributed by atoms with Gasteiger partial charge in [-0.2, -0.15) is 0 Å². The Hall–Kier alpha value is -1.91. The Kier molecular flexibility index (Phi) is 3.19. The number of nitrogens with zero attached hydrogens (tertiary/aromatic N) is 1. The molecule has 1 aromatic carbocycles. The van der Waals surface area contributed by atoms with E-state index in [4.69, 9.17) is 16.3 Å². The van der Waals surface area contributed by atoms with Crippen molar-refractivity contribution in [3.05, 3.63) is 62.9 Å². The van der Waals surface area contributed by atoms with Crippen LogP contribution in [0, 0.1) is 0 Å². The van der Waals surface area contributed by atoms with Crippen LogP contribution < -0.4 is 0 Å². The molecule has 1 aromatic heterocycles. The fraction of sp³-hybridized carbons (Fsp3) is 0. The van der Waals surface area contributed by atoms with Gasteiger partial charge in [0, 0.05) is 15.5 Å². The lowest BCUT2D eigenvalue weighted by Gasteiger charge is -1.98. The third kappa shape index (κ3) is 2.59. The molecule has 0 bridgehead atoms. The minimum absolute atomic E-state index is 0.287. The molecule has 1 aliphatic heterocycles. The number of halogens is 1. The van der Waals surface area contributed by atoms with E-state index in [1.807, 2.05) is 17.5 Å². The van der Waals surface area contributed by atoms with E-state index in [1.54, 1.807) is 30.3 Å². The van der Waals surface area contributed by atoms with Crippen molar-refractivity contribution in [2.24, 2.45) is 4.99 Å². The molecule has 0 spiro atoms. The summed E-state index contributed by atoms with van der Waals surface area (Å²) in [6, 6.07) is 10.9. The Balaban J connectivity index is 1.95. The van der Waals surface area contributed by atoms with E-state index < -0.39 is 5.97 Å². The van der Waals surface area contributed by atoms with Gasteiger partial charge in [0.2, 0.25) is 5.90 Å². The largest absolute Gasteiger partial charge is 0.402 e. The molecule has 1 aliphatic rings. The van der Waals surface area contributed by atoms with Crippen molar-refractivity contribution >= 4 is 40.9 Å². The van der Waals surface area contributed by atoms with E-state index in [0.717, 1.165) is 4.88 Å². The summed E-state index contributed by atoms with van der Waals surface area (Å²) < 4.78 is 5.15. The first-order chi connectivity index (χ1) is 9.22. The van der Waals surface area contributed by atoms with Crippen molar-refractivity contribution in [1.82, 2.24) is 0 Å². The van der Waals surface area contributed by atoms with Gasteiger partial charge in [-0.1, -0.05) is 23.7 Å². The maximum absolute atomic E-state index is 11.7. The molecule has 3 nitrogen and oxygen atoms in total. The van der Waals surface area contributed by atoms with Gasteiger partial charge >= 0.3 is 5.97 Å². The predicted octanol–water partition coefficient (Wildman–Crippen LogP) is 3.75. The second kappa shape index (κ2) is 4.99. The topological polar surface area (TPSA) is 38.7 Å². The van der Waals surface area contributed by atoms with Crippen LogP contribution in [0.15, 0.2) is 52.5 Å². The quantitative estimate of drug-likeness (QED) is 0.624. The summed E-state index contributed by atoms with van der Waals surface area (Å²) in [5.41, 5.74) is 0.993. The summed E-state index contributed by atoms with van der Waals surface area (Å²) in [4.78, 5) is 16.9. The molecule has 0 saturated carbocycles. The van der Waals surface area contributed by atoms with E-state index in [1.165, 1.54) is 11.3 Å². The number of cyclic esters (lactones) is 1. The molecule has 5 heteroatoms. The van der Waals surface area contributed by atoms with Crippen molar-refractivity contribution in [2.45, 2.75) is 0 Å². The van der Waals surface area contributed by atoms with Crippen molar-refractivity contribution in [2.75, 3.05) is 0 Å². The van der Waals surface area contributed by atoms with Gasteiger partial charge < -0.3 is 4.74 Å². The molecule has 0 saturated heterocycles. The summed E-state index contributed by atoms with van der Waals surface area (Å²) in [7, 11) is 0. The van der Waals surface area contributed by atoms with Gasteiger partial charge in [-0.05, 0) is 35.7 Å². The average molecular weight is 290 g/mol. The van der Waals surface area contributed by atoms with Crippen LogP contribution in [0.1, 0.15) is 10.4 Å². The molecule has 2 aromatic rings. The van der Waals surface area contributed by atoms with Crippen LogP contribution >= 0.6 is 22.9 Å². The van der Waals surface area contributed by atoms with E-state index in [9.17, 15) is 4.79 Å². The van der Waals surface area contributed by atoms with E-state index in [-0.39, 0.29) is 5.90 Å². The zero-order valence-electron chi connectivity index (χ0n) is 9.67. The van der Waals surface area contributed by atoms with Gasteiger partial charge in [0.05, 0.1) is 0 Å². The minimum atomic E-state index is -0.441. The molecule has 0 N–H and O–H groups in total. The molecule has 19 heavy (non-hydrogen) atoms. The highest BCUT2D eigenvalue weighted by atomic mass is 35.5. The second-order valence-corrected chi connectivity index (χ2v) is 5.28. The highest BCUT2D eigenvalue weighted by Gasteiger charge is 2.24. The van der Waals surface area contributed by atoms with Gasteiger partial charge in [0.25, 0.3) is 0 Å². The lowest BCUT2D eigenvalue weighted by atomic mass is 10.2. The first-order valence-electron chi connectivity index (χ1n) is 5.54. The number of carbonyl (C=O) groups excluding carboxylic acids is 1. The van der Waals surface area contributed by atoms with E-state index in [0.29, 0.717) is 16.3 Å². The maximum Gasteiger partial charge on any atom is 0.363 e. The van der Waals surface area contributed by atoms with Crippen molar-refractivity contribution in [1.29, 1.82) is 0 Å². The molecular weight excluding hydrogens is 282 g/mol. The second-order valence-electron chi connectivity index (χ2n) is 3.86. The zero-order chi connectivity index (χ0) is 13.2. The number of hydrogen-bond donors (Lipinski definition) is 0. The number of benzene rings is 1. The van der Waals surface area contributed by atoms with Crippen LogP contribution in [0.2, 0.25) is 5.02 Å². The fourth-order valence-electron chi connectivity index (χ4n) is 1.66. The van der Waals surface area contributed by atoms with Gasteiger partial charge in [-0.3, -0.25) is 0 Å². The first kappa shape index (κ1) is 12.1. The van der Waals surface area contributed by atoms with Crippen molar-refractivity contribution < 1.29 is 9.53 Å². The molecule has 0 aliphatic carbocycles. The molecular formula is C14H8ClNO2S. The highest BCUT2D eigenvalue weighted by molar-refractivity contribution is 7.10. The van der Waals surface area contributed by atoms with Gasteiger partial charge in [0.15, 0.2) is 5.70 Å². The van der Waals surface area contributed by atoms with Crippen LogP contribution in [-0.2, 0) is 9.53 Å². The molecule has 0 amide bonds. The van der Waals surface area contributed by atoms with Crippen LogP contribution in [0.4, 0.5) is 0 Å². The number of aliphatic imine (C=N–C) groups is 1. The molecule has 2 heterocycles. The number of thiophene rings is 1. The van der Waals surface area contributed by atoms with Crippen LogP contribution in [0.5, 0.6) is 0 Å². The minimum Gasteiger partial charge on any atom is -0.402 e. The Labute approximate surface area is 118 Å². The predicted molar refractivity (Wildman–Crippen MR) is 76.4 cm³/mol. The number of esters is 1. The van der Waals surface area contributed by atoms with Gasteiger partial charge in [0.1, 0.15) is 0 Å². The van der Waals surface area contributed by atoms with Crippen LogP contribution in [0.25, 0.3) is 6.08 Å². The molecule has 0 atom stereocenters. The molecule has 0 fully saturated rings. The Morgan fingerprint density at radius 3 is 2.89 bits per heavy atom. The Bertz CT molecular complexity index is 689. The number of ether oxygens (including phenoxy) is 1. The number of rotatable bonds is 2. The smallest absolute Gasteiger partial charge is 0.363 e. The monoisotopic (exact) mass is 289 g/mol. The van der Waals surface area contributed by atoms with Crippen LogP contribution in [0.3, 0.4) is 0 Å². The summed E-state index contributed by atoms with van der Waals surface area (Å²) in [5, 5.41) is 2.51. The summed E-state index contributed by atoms with van der Waals surface area (Å²) >= 11 is 7.44. The molecule has 3 rings (SSSR count). The third-order valence-corrected chi connectivity index (χ3v) is 3.57. The number of hydrogen-bond acceptors (Lipinski definition) is 4. The average Bonchev–Trinajstić information content (AvgIpc) is 3.01. The van der Waals surface area contributed by atoms with Gasteiger partial charge in [-0.25, -0.2) is 9.79 Å². The highest BCUT2D eigenvalue weighted by Crippen LogP contribution is 2.22. The Morgan fingerprint density at radius 2 is 2.16 bits per heavy atom. The number of carbonyl (C=O) groups is 1.